The van der Waals surface area contributed by atoms with E-state index in [4.69, 9.17) is 16.7 Å². The molecule has 1 unspecified atom stereocenters. The van der Waals surface area contributed by atoms with Gasteiger partial charge in [0.15, 0.2) is 0 Å². The number of aliphatic carboxylic acids is 1. The molecule has 2 aromatic rings. The topological polar surface area (TPSA) is 67.2 Å². The second-order valence-electron chi connectivity index (χ2n) is 5.33. The van der Waals surface area contributed by atoms with Crippen LogP contribution in [0.1, 0.15) is 6.92 Å². The lowest BCUT2D eigenvalue weighted by atomic mass is 9.96. The third-order valence-corrected chi connectivity index (χ3v) is 3.64. The lowest BCUT2D eigenvalue weighted by Crippen LogP contribution is -2.43. The number of carbonyl (C=O) groups is 1. The largest absolute Gasteiger partial charge is 0.478 e. The SMILES string of the molecule is CC1(Cn2cc3cc(Cl)ccc3n2)C=C(C(=O)O)C=CN1. The average Bonchev–Trinajstić information content (AvgIpc) is 2.79. The van der Waals surface area contributed by atoms with Crippen LogP contribution in [-0.2, 0) is 11.3 Å². The Morgan fingerprint density at radius 2 is 2.33 bits per heavy atom. The van der Waals surface area contributed by atoms with E-state index >= 15 is 0 Å². The van der Waals surface area contributed by atoms with Gasteiger partial charge in [0.25, 0.3) is 0 Å². The lowest BCUT2D eigenvalue weighted by molar-refractivity contribution is -0.132. The van der Waals surface area contributed by atoms with Crippen LogP contribution in [0.2, 0.25) is 5.02 Å². The first-order valence-corrected chi connectivity index (χ1v) is 6.86. The molecule has 3 rings (SSSR count). The number of halogens is 1. The van der Waals surface area contributed by atoms with Crippen molar-refractivity contribution in [3.63, 3.8) is 0 Å². The number of dihydropyridines is 1. The molecule has 2 N–H and O–H groups in total. The molecule has 1 atom stereocenters. The van der Waals surface area contributed by atoms with Crippen LogP contribution in [0.3, 0.4) is 0 Å². The van der Waals surface area contributed by atoms with Gasteiger partial charge < -0.3 is 10.4 Å². The summed E-state index contributed by atoms with van der Waals surface area (Å²) in [7, 11) is 0. The maximum absolute atomic E-state index is 11.1. The summed E-state index contributed by atoms with van der Waals surface area (Å²) < 4.78 is 1.79. The molecular formula is C15H14ClN3O2. The summed E-state index contributed by atoms with van der Waals surface area (Å²) in [4.78, 5) is 11.1. The Kier molecular flexibility index (Phi) is 3.22. The summed E-state index contributed by atoms with van der Waals surface area (Å²) in [5, 5.41) is 18.4. The van der Waals surface area contributed by atoms with Crippen molar-refractivity contribution in [2.75, 3.05) is 0 Å². The monoisotopic (exact) mass is 303 g/mol. The van der Waals surface area contributed by atoms with Gasteiger partial charge in [0, 0.05) is 16.6 Å². The van der Waals surface area contributed by atoms with E-state index in [1.165, 1.54) is 0 Å². The molecule has 0 amide bonds. The molecule has 1 aliphatic heterocycles. The summed E-state index contributed by atoms with van der Waals surface area (Å²) >= 11 is 5.97. The third-order valence-electron chi connectivity index (χ3n) is 3.40. The number of carboxylic acid groups (broad SMARTS) is 1. The van der Waals surface area contributed by atoms with E-state index in [1.807, 2.05) is 25.3 Å². The predicted molar refractivity (Wildman–Crippen MR) is 81.1 cm³/mol. The molecule has 0 aliphatic carbocycles. The summed E-state index contributed by atoms with van der Waals surface area (Å²) in [6.07, 6.45) is 6.81. The minimum Gasteiger partial charge on any atom is -0.478 e. The van der Waals surface area contributed by atoms with Crippen molar-refractivity contribution in [1.82, 2.24) is 15.1 Å². The van der Waals surface area contributed by atoms with Crippen LogP contribution in [0.5, 0.6) is 0 Å². The predicted octanol–water partition coefficient (Wildman–Crippen LogP) is 2.58. The van der Waals surface area contributed by atoms with Gasteiger partial charge in [-0.25, -0.2) is 4.79 Å². The van der Waals surface area contributed by atoms with Crippen molar-refractivity contribution in [1.29, 1.82) is 0 Å². The van der Waals surface area contributed by atoms with Gasteiger partial charge in [0.05, 0.1) is 23.2 Å². The summed E-state index contributed by atoms with van der Waals surface area (Å²) in [6, 6.07) is 5.52. The molecule has 0 radical (unpaired) electrons. The number of hydrogen-bond acceptors (Lipinski definition) is 3. The van der Waals surface area contributed by atoms with Gasteiger partial charge in [-0.15, -0.1) is 0 Å². The molecule has 2 heterocycles. The lowest BCUT2D eigenvalue weighted by Gasteiger charge is -2.29. The zero-order chi connectivity index (χ0) is 15.0. The molecule has 108 valence electrons. The van der Waals surface area contributed by atoms with E-state index in [2.05, 4.69) is 10.4 Å². The van der Waals surface area contributed by atoms with Crippen molar-refractivity contribution in [2.24, 2.45) is 0 Å². The van der Waals surface area contributed by atoms with Gasteiger partial charge in [0.2, 0.25) is 0 Å². The molecule has 0 saturated carbocycles. The van der Waals surface area contributed by atoms with Gasteiger partial charge >= 0.3 is 5.97 Å². The molecule has 21 heavy (non-hydrogen) atoms. The summed E-state index contributed by atoms with van der Waals surface area (Å²) in [6.45, 7) is 2.44. The minimum absolute atomic E-state index is 0.274. The van der Waals surface area contributed by atoms with Gasteiger partial charge in [-0.1, -0.05) is 11.6 Å². The fourth-order valence-electron chi connectivity index (χ4n) is 2.44. The quantitative estimate of drug-likeness (QED) is 0.914. The maximum Gasteiger partial charge on any atom is 0.335 e. The normalized spacial score (nSPS) is 21.1. The number of carboxylic acids is 1. The first kappa shape index (κ1) is 13.7. The van der Waals surface area contributed by atoms with Crippen LogP contribution >= 0.6 is 11.6 Å². The standard InChI is InChI=1S/C15H14ClN3O2/c1-15(7-10(14(20)21)4-5-17-15)9-19-8-11-6-12(16)2-3-13(11)18-19/h2-8,17H,9H2,1H3,(H,20,21). The number of fused-ring (bicyclic) bond motifs is 1. The molecule has 1 aliphatic rings. The molecule has 0 fully saturated rings. The Bertz CT molecular complexity index is 778. The highest BCUT2D eigenvalue weighted by molar-refractivity contribution is 6.31. The van der Waals surface area contributed by atoms with E-state index in [1.54, 1.807) is 29.1 Å². The fourth-order valence-corrected chi connectivity index (χ4v) is 2.62. The van der Waals surface area contributed by atoms with Crippen LogP contribution in [0.25, 0.3) is 10.9 Å². The third kappa shape index (κ3) is 2.78. The summed E-state index contributed by atoms with van der Waals surface area (Å²) in [5.41, 5.74) is 0.627. The van der Waals surface area contributed by atoms with E-state index in [9.17, 15) is 4.79 Å². The highest BCUT2D eigenvalue weighted by atomic mass is 35.5. The van der Waals surface area contributed by atoms with Crippen molar-refractivity contribution in [3.05, 3.63) is 53.3 Å². The molecule has 6 heteroatoms. The Balaban J connectivity index is 1.90. The molecule has 0 bridgehead atoms. The Labute approximate surface area is 126 Å². The van der Waals surface area contributed by atoms with E-state index in [0.717, 1.165) is 10.9 Å². The van der Waals surface area contributed by atoms with Gasteiger partial charge in [-0.2, -0.15) is 5.10 Å². The van der Waals surface area contributed by atoms with Crippen molar-refractivity contribution in [2.45, 2.75) is 19.0 Å². The number of nitrogens with one attached hydrogen (secondary N) is 1. The van der Waals surface area contributed by atoms with Crippen LogP contribution < -0.4 is 5.32 Å². The molecular weight excluding hydrogens is 290 g/mol. The second-order valence-corrected chi connectivity index (χ2v) is 5.77. The first-order valence-electron chi connectivity index (χ1n) is 6.48. The first-order chi connectivity index (χ1) is 9.95. The van der Waals surface area contributed by atoms with Crippen molar-refractivity contribution in [3.8, 4) is 0 Å². The Hall–Kier alpha value is -2.27. The number of nitrogens with zero attached hydrogens (tertiary/aromatic N) is 2. The zero-order valence-corrected chi connectivity index (χ0v) is 12.1. The average molecular weight is 304 g/mol. The van der Waals surface area contributed by atoms with Crippen LogP contribution in [0.15, 0.2) is 48.3 Å². The Morgan fingerprint density at radius 1 is 1.52 bits per heavy atom. The smallest absolute Gasteiger partial charge is 0.335 e. The molecule has 1 aromatic heterocycles. The molecule has 5 nitrogen and oxygen atoms in total. The van der Waals surface area contributed by atoms with Crippen LogP contribution in [-0.4, -0.2) is 26.4 Å². The fraction of sp³-hybridized carbons (Fsp3) is 0.200. The van der Waals surface area contributed by atoms with Gasteiger partial charge in [0.1, 0.15) is 0 Å². The van der Waals surface area contributed by atoms with E-state index < -0.39 is 11.5 Å². The number of hydrogen-bond donors (Lipinski definition) is 2. The summed E-state index contributed by atoms with van der Waals surface area (Å²) in [5.74, 6) is -0.934. The molecule has 1 aromatic carbocycles. The van der Waals surface area contributed by atoms with E-state index in [0.29, 0.717) is 11.6 Å². The van der Waals surface area contributed by atoms with Crippen molar-refractivity contribution >= 4 is 28.5 Å². The van der Waals surface area contributed by atoms with E-state index in [-0.39, 0.29) is 5.57 Å². The minimum atomic E-state index is -0.934. The molecule has 0 saturated heterocycles. The molecule has 0 spiro atoms. The zero-order valence-electron chi connectivity index (χ0n) is 11.4. The second kappa shape index (κ2) is 4.93. The number of aromatic nitrogens is 2. The number of rotatable bonds is 3. The Morgan fingerprint density at radius 3 is 3.10 bits per heavy atom. The highest BCUT2D eigenvalue weighted by Crippen LogP contribution is 2.21. The van der Waals surface area contributed by atoms with Gasteiger partial charge in [-0.05, 0) is 43.5 Å². The van der Waals surface area contributed by atoms with Crippen molar-refractivity contribution < 1.29 is 9.90 Å². The van der Waals surface area contributed by atoms with Gasteiger partial charge in [-0.3, -0.25) is 4.68 Å². The highest BCUT2D eigenvalue weighted by Gasteiger charge is 2.26. The number of benzene rings is 1. The van der Waals surface area contributed by atoms with Crippen LogP contribution in [0.4, 0.5) is 0 Å². The van der Waals surface area contributed by atoms with Crippen LogP contribution in [0, 0.1) is 0 Å². The maximum atomic E-state index is 11.1.